The molecule has 1 fully saturated rings. The summed E-state index contributed by atoms with van der Waals surface area (Å²) >= 11 is 0. The Morgan fingerprint density at radius 1 is 1.38 bits per heavy atom. The summed E-state index contributed by atoms with van der Waals surface area (Å²) in [6, 6.07) is 8.48. The lowest BCUT2D eigenvalue weighted by Gasteiger charge is -2.33. The molecular weight excluding hydrogens is 202 g/mol. The first-order valence-electron chi connectivity index (χ1n) is 5.80. The van der Waals surface area contributed by atoms with Gasteiger partial charge in [-0.15, -0.1) is 0 Å². The molecule has 1 saturated heterocycles. The van der Waals surface area contributed by atoms with Crippen molar-refractivity contribution in [1.82, 2.24) is 4.90 Å². The average Bonchev–Trinajstić information content (AvgIpc) is 2.31. The number of benzene rings is 1. The van der Waals surface area contributed by atoms with E-state index in [1.54, 1.807) is 0 Å². The molecule has 3 nitrogen and oxygen atoms in total. The first-order chi connectivity index (χ1) is 7.81. The highest BCUT2D eigenvalue weighted by atomic mass is 16.5. The van der Waals surface area contributed by atoms with Crippen LogP contribution in [0.2, 0.25) is 0 Å². The molecule has 3 heteroatoms. The van der Waals surface area contributed by atoms with Gasteiger partial charge in [-0.1, -0.05) is 29.8 Å². The topological polar surface area (TPSA) is 32.7 Å². The highest BCUT2D eigenvalue weighted by Crippen LogP contribution is 2.21. The van der Waals surface area contributed by atoms with Crippen molar-refractivity contribution in [1.29, 1.82) is 0 Å². The van der Waals surface area contributed by atoms with E-state index in [-0.39, 0.29) is 12.6 Å². The van der Waals surface area contributed by atoms with Crippen LogP contribution in [0, 0.1) is 6.92 Å². The summed E-state index contributed by atoms with van der Waals surface area (Å²) in [7, 11) is 0. The first-order valence-corrected chi connectivity index (χ1v) is 5.80. The van der Waals surface area contributed by atoms with E-state index in [0.717, 1.165) is 26.3 Å². The second kappa shape index (κ2) is 5.43. The standard InChI is InChI=1S/C13H19NO2/c1-11-3-2-4-12(9-11)13(10-15)14-5-7-16-8-6-14/h2-4,9,13,15H,5-8,10H2,1H3. The number of morpholine rings is 1. The van der Waals surface area contributed by atoms with Crippen molar-refractivity contribution in [3.8, 4) is 0 Å². The number of hydrogen-bond acceptors (Lipinski definition) is 3. The Balaban J connectivity index is 2.14. The fourth-order valence-electron chi connectivity index (χ4n) is 2.20. The molecule has 0 aliphatic carbocycles. The van der Waals surface area contributed by atoms with Crippen LogP contribution >= 0.6 is 0 Å². The fourth-order valence-corrected chi connectivity index (χ4v) is 2.20. The van der Waals surface area contributed by atoms with Crippen molar-refractivity contribution in [3.05, 3.63) is 35.4 Å². The van der Waals surface area contributed by atoms with E-state index >= 15 is 0 Å². The van der Waals surface area contributed by atoms with E-state index in [1.807, 2.05) is 6.07 Å². The molecule has 88 valence electrons. The van der Waals surface area contributed by atoms with E-state index in [9.17, 15) is 5.11 Å². The minimum Gasteiger partial charge on any atom is -0.394 e. The van der Waals surface area contributed by atoms with Gasteiger partial charge in [-0.25, -0.2) is 0 Å². The van der Waals surface area contributed by atoms with Crippen molar-refractivity contribution in [2.24, 2.45) is 0 Å². The van der Waals surface area contributed by atoms with Crippen LogP contribution in [0.1, 0.15) is 17.2 Å². The summed E-state index contributed by atoms with van der Waals surface area (Å²) < 4.78 is 5.33. The van der Waals surface area contributed by atoms with Gasteiger partial charge in [0.2, 0.25) is 0 Å². The molecule has 1 atom stereocenters. The maximum absolute atomic E-state index is 9.54. The number of aryl methyl sites for hydroxylation is 1. The minimum absolute atomic E-state index is 0.115. The van der Waals surface area contributed by atoms with Gasteiger partial charge in [0.25, 0.3) is 0 Å². The molecule has 16 heavy (non-hydrogen) atoms. The fraction of sp³-hybridized carbons (Fsp3) is 0.538. The van der Waals surface area contributed by atoms with Crippen LogP contribution in [0.3, 0.4) is 0 Å². The molecule has 1 aromatic rings. The Morgan fingerprint density at radius 3 is 2.75 bits per heavy atom. The SMILES string of the molecule is Cc1cccc(C(CO)N2CCOCC2)c1. The zero-order chi connectivity index (χ0) is 11.4. The van der Waals surface area contributed by atoms with E-state index in [4.69, 9.17) is 4.74 Å². The number of hydrogen-bond donors (Lipinski definition) is 1. The summed E-state index contributed by atoms with van der Waals surface area (Å²) in [5, 5.41) is 9.54. The van der Waals surface area contributed by atoms with Gasteiger partial charge in [0, 0.05) is 13.1 Å². The third kappa shape index (κ3) is 2.61. The van der Waals surface area contributed by atoms with Crippen LogP contribution in [0.15, 0.2) is 24.3 Å². The molecule has 0 radical (unpaired) electrons. The van der Waals surface area contributed by atoms with E-state index in [2.05, 4.69) is 30.0 Å². The molecule has 1 aromatic carbocycles. The molecule has 1 unspecified atom stereocenters. The molecule has 0 saturated carbocycles. The predicted molar refractivity (Wildman–Crippen MR) is 63.4 cm³/mol. The summed E-state index contributed by atoms with van der Waals surface area (Å²) in [5.74, 6) is 0. The summed E-state index contributed by atoms with van der Waals surface area (Å²) in [6.45, 7) is 5.59. The maximum atomic E-state index is 9.54. The van der Waals surface area contributed by atoms with Crippen molar-refractivity contribution >= 4 is 0 Å². The van der Waals surface area contributed by atoms with Crippen molar-refractivity contribution in [3.63, 3.8) is 0 Å². The molecule has 2 rings (SSSR count). The molecule has 1 aliphatic rings. The molecule has 1 aliphatic heterocycles. The first kappa shape index (κ1) is 11.6. The second-order valence-electron chi connectivity index (χ2n) is 4.26. The molecule has 0 spiro atoms. The maximum Gasteiger partial charge on any atom is 0.0628 e. The number of ether oxygens (including phenoxy) is 1. The highest BCUT2D eigenvalue weighted by molar-refractivity contribution is 5.25. The summed E-state index contributed by atoms with van der Waals surface area (Å²) in [4.78, 5) is 2.29. The zero-order valence-corrected chi connectivity index (χ0v) is 9.72. The Morgan fingerprint density at radius 2 is 2.12 bits per heavy atom. The van der Waals surface area contributed by atoms with Gasteiger partial charge in [-0.2, -0.15) is 0 Å². The summed E-state index contributed by atoms with van der Waals surface area (Å²) in [6.07, 6.45) is 0. The quantitative estimate of drug-likeness (QED) is 0.836. The van der Waals surface area contributed by atoms with Gasteiger partial charge >= 0.3 is 0 Å². The Hall–Kier alpha value is -0.900. The minimum atomic E-state index is 0.115. The van der Waals surface area contributed by atoms with Crippen molar-refractivity contribution < 1.29 is 9.84 Å². The average molecular weight is 221 g/mol. The van der Waals surface area contributed by atoms with Crippen LogP contribution in [0.25, 0.3) is 0 Å². The lowest BCUT2D eigenvalue weighted by molar-refractivity contribution is 0.00258. The van der Waals surface area contributed by atoms with Gasteiger partial charge < -0.3 is 9.84 Å². The monoisotopic (exact) mass is 221 g/mol. The van der Waals surface area contributed by atoms with Crippen LogP contribution in [-0.4, -0.2) is 42.9 Å². The Bertz CT molecular complexity index is 334. The number of rotatable bonds is 3. The number of nitrogens with zero attached hydrogens (tertiary/aromatic N) is 1. The van der Waals surface area contributed by atoms with Gasteiger partial charge in [0.1, 0.15) is 0 Å². The van der Waals surface area contributed by atoms with Crippen LogP contribution in [0.5, 0.6) is 0 Å². The molecule has 0 amide bonds. The Labute approximate surface area is 96.6 Å². The highest BCUT2D eigenvalue weighted by Gasteiger charge is 2.21. The zero-order valence-electron chi connectivity index (χ0n) is 9.72. The van der Waals surface area contributed by atoms with E-state index < -0.39 is 0 Å². The normalized spacial score (nSPS) is 19.6. The molecule has 0 bridgehead atoms. The number of aliphatic hydroxyl groups is 1. The van der Waals surface area contributed by atoms with Gasteiger partial charge in [0.15, 0.2) is 0 Å². The number of aliphatic hydroxyl groups excluding tert-OH is 1. The lowest BCUT2D eigenvalue weighted by atomic mass is 10.0. The Kier molecular flexibility index (Phi) is 3.93. The molecular formula is C13H19NO2. The van der Waals surface area contributed by atoms with E-state index in [0.29, 0.717) is 0 Å². The van der Waals surface area contributed by atoms with Crippen molar-refractivity contribution in [2.75, 3.05) is 32.9 Å². The summed E-state index contributed by atoms with van der Waals surface area (Å²) in [5.41, 5.74) is 2.44. The van der Waals surface area contributed by atoms with Gasteiger partial charge in [0.05, 0.1) is 25.9 Å². The van der Waals surface area contributed by atoms with Crippen LogP contribution in [-0.2, 0) is 4.74 Å². The smallest absolute Gasteiger partial charge is 0.0628 e. The van der Waals surface area contributed by atoms with Crippen LogP contribution in [0.4, 0.5) is 0 Å². The van der Waals surface area contributed by atoms with Gasteiger partial charge in [-0.05, 0) is 12.5 Å². The molecule has 1 N–H and O–H groups in total. The predicted octanol–water partition coefficient (Wildman–Crippen LogP) is 1.36. The third-order valence-corrected chi connectivity index (χ3v) is 3.09. The third-order valence-electron chi connectivity index (χ3n) is 3.09. The largest absolute Gasteiger partial charge is 0.394 e. The van der Waals surface area contributed by atoms with E-state index in [1.165, 1.54) is 11.1 Å². The molecule has 1 heterocycles. The van der Waals surface area contributed by atoms with Gasteiger partial charge in [-0.3, -0.25) is 4.90 Å². The lowest BCUT2D eigenvalue weighted by Crippen LogP contribution is -2.40. The van der Waals surface area contributed by atoms with Crippen LogP contribution < -0.4 is 0 Å². The second-order valence-corrected chi connectivity index (χ2v) is 4.26. The molecule has 0 aromatic heterocycles. The van der Waals surface area contributed by atoms with Crippen molar-refractivity contribution in [2.45, 2.75) is 13.0 Å².